The fraction of sp³-hybridized carbons (Fsp3) is 0.182. The monoisotopic (exact) mass is 403 g/mol. The summed E-state index contributed by atoms with van der Waals surface area (Å²) in [4.78, 5) is 16.7. The summed E-state index contributed by atoms with van der Waals surface area (Å²) in [5.41, 5.74) is 1.74. The zero-order chi connectivity index (χ0) is 20.1. The van der Waals surface area contributed by atoms with Crippen LogP contribution in [0.1, 0.15) is 13.3 Å². The molecule has 0 aliphatic carbocycles. The molecule has 146 valence electrons. The summed E-state index contributed by atoms with van der Waals surface area (Å²) < 4.78 is 2.05. The Hall–Kier alpha value is -3.19. The van der Waals surface area contributed by atoms with Crippen LogP contribution in [0.5, 0.6) is 0 Å². The van der Waals surface area contributed by atoms with Gasteiger partial charge in [0.25, 0.3) is 0 Å². The van der Waals surface area contributed by atoms with E-state index in [-0.39, 0.29) is 11.7 Å². The third-order valence-electron chi connectivity index (χ3n) is 4.48. The molecule has 4 rings (SSSR count). The van der Waals surface area contributed by atoms with E-state index in [1.807, 2.05) is 59.2 Å². The molecule has 0 saturated heterocycles. The van der Waals surface area contributed by atoms with Crippen molar-refractivity contribution in [1.29, 1.82) is 0 Å². The van der Waals surface area contributed by atoms with Gasteiger partial charge in [-0.1, -0.05) is 55.1 Å². The lowest BCUT2D eigenvalue weighted by Crippen LogP contribution is -2.15. The SMILES string of the molecule is CCCn1c(SCC(=O)Nc2cccc3ccccc23)nnc1-c1cccnc1. The van der Waals surface area contributed by atoms with Crippen LogP contribution in [0.4, 0.5) is 5.69 Å². The number of amides is 1. The molecule has 1 amide bonds. The first-order chi connectivity index (χ1) is 14.3. The molecule has 0 radical (unpaired) electrons. The minimum absolute atomic E-state index is 0.0691. The predicted octanol–water partition coefficient (Wildman–Crippen LogP) is 4.63. The van der Waals surface area contributed by atoms with Crippen molar-refractivity contribution < 1.29 is 4.79 Å². The highest BCUT2D eigenvalue weighted by molar-refractivity contribution is 7.99. The van der Waals surface area contributed by atoms with Gasteiger partial charge >= 0.3 is 0 Å². The number of pyridine rings is 1. The number of nitrogens with one attached hydrogen (secondary N) is 1. The molecule has 4 aromatic rings. The molecule has 0 fully saturated rings. The van der Waals surface area contributed by atoms with E-state index in [4.69, 9.17) is 0 Å². The number of hydrogen-bond acceptors (Lipinski definition) is 5. The van der Waals surface area contributed by atoms with Crippen LogP contribution in [0.15, 0.2) is 72.1 Å². The Morgan fingerprint density at radius 1 is 1.07 bits per heavy atom. The maximum atomic E-state index is 12.6. The van der Waals surface area contributed by atoms with Gasteiger partial charge in [0.2, 0.25) is 5.91 Å². The van der Waals surface area contributed by atoms with Gasteiger partial charge in [-0.05, 0) is 30.0 Å². The van der Waals surface area contributed by atoms with Gasteiger partial charge in [0.05, 0.1) is 5.75 Å². The number of nitrogens with zero attached hydrogens (tertiary/aromatic N) is 4. The topological polar surface area (TPSA) is 72.7 Å². The molecule has 0 spiro atoms. The van der Waals surface area contributed by atoms with Gasteiger partial charge in [-0.15, -0.1) is 10.2 Å². The number of carbonyl (C=O) groups excluding carboxylic acids is 1. The van der Waals surface area contributed by atoms with Crippen molar-refractivity contribution in [2.45, 2.75) is 25.0 Å². The highest BCUT2D eigenvalue weighted by Gasteiger charge is 2.15. The molecule has 0 unspecified atom stereocenters. The Morgan fingerprint density at radius 2 is 1.93 bits per heavy atom. The van der Waals surface area contributed by atoms with Crippen LogP contribution in [-0.4, -0.2) is 31.4 Å². The zero-order valence-corrected chi connectivity index (χ0v) is 16.9. The number of fused-ring (bicyclic) bond motifs is 1. The molecular formula is C22H21N5OS. The van der Waals surface area contributed by atoms with Crippen LogP contribution in [-0.2, 0) is 11.3 Å². The van der Waals surface area contributed by atoms with Crippen molar-refractivity contribution >= 4 is 34.1 Å². The highest BCUT2D eigenvalue weighted by Crippen LogP contribution is 2.26. The van der Waals surface area contributed by atoms with Crippen molar-refractivity contribution in [1.82, 2.24) is 19.7 Å². The summed E-state index contributed by atoms with van der Waals surface area (Å²) >= 11 is 1.39. The van der Waals surface area contributed by atoms with Crippen LogP contribution < -0.4 is 5.32 Å². The lowest BCUT2D eigenvalue weighted by molar-refractivity contribution is -0.113. The molecule has 0 bridgehead atoms. The van der Waals surface area contributed by atoms with Gasteiger partial charge in [-0.25, -0.2) is 0 Å². The summed E-state index contributed by atoms with van der Waals surface area (Å²) in [6, 6.07) is 17.8. The fourth-order valence-corrected chi connectivity index (χ4v) is 3.94. The smallest absolute Gasteiger partial charge is 0.234 e. The van der Waals surface area contributed by atoms with Crippen molar-refractivity contribution in [3.8, 4) is 11.4 Å². The second-order valence-electron chi connectivity index (χ2n) is 6.56. The second-order valence-corrected chi connectivity index (χ2v) is 7.51. The first-order valence-corrected chi connectivity index (χ1v) is 10.5. The van der Waals surface area contributed by atoms with Crippen LogP contribution >= 0.6 is 11.8 Å². The van der Waals surface area contributed by atoms with Gasteiger partial charge in [0.1, 0.15) is 0 Å². The van der Waals surface area contributed by atoms with Crippen LogP contribution in [0.3, 0.4) is 0 Å². The van der Waals surface area contributed by atoms with Crippen LogP contribution in [0.25, 0.3) is 22.2 Å². The lowest BCUT2D eigenvalue weighted by Gasteiger charge is -2.10. The third-order valence-corrected chi connectivity index (χ3v) is 5.45. The number of aromatic nitrogens is 4. The average molecular weight is 404 g/mol. The molecular weight excluding hydrogens is 382 g/mol. The predicted molar refractivity (Wildman–Crippen MR) is 117 cm³/mol. The summed E-state index contributed by atoms with van der Waals surface area (Å²) in [7, 11) is 0. The normalized spacial score (nSPS) is 10.9. The van der Waals surface area contributed by atoms with Crippen molar-refractivity contribution in [3.63, 3.8) is 0 Å². The highest BCUT2D eigenvalue weighted by atomic mass is 32.2. The Bertz CT molecular complexity index is 1120. The summed E-state index contributed by atoms with van der Waals surface area (Å²) in [6.45, 7) is 2.89. The lowest BCUT2D eigenvalue weighted by atomic mass is 10.1. The molecule has 1 N–H and O–H groups in total. The molecule has 0 aliphatic heterocycles. The first-order valence-electron chi connectivity index (χ1n) is 9.50. The zero-order valence-electron chi connectivity index (χ0n) is 16.1. The molecule has 2 aromatic carbocycles. The summed E-state index contributed by atoms with van der Waals surface area (Å²) in [5, 5.41) is 14.5. The number of carbonyl (C=O) groups is 1. The van der Waals surface area contributed by atoms with E-state index in [2.05, 4.69) is 27.4 Å². The van der Waals surface area contributed by atoms with Gasteiger partial charge in [-0.2, -0.15) is 0 Å². The number of hydrogen-bond donors (Lipinski definition) is 1. The molecule has 7 heteroatoms. The molecule has 6 nitrogen and oxygen atoms in total. The van der Waals surface area contributed by atoms with E-state index in [1.54, 1.807) is 12.4 Å². The minimum Gasteiger partial charge on any atom is -0.325 e. The van der Waals surface area contributed by atoms with Gasteiger partial charge < -0.3 is 9.88 Å². The van der Waals surface area contributed by atoms with Crippen LogP contribution in [0.2, 0.25) is 0 Å². The maximum Gasteiger partial charge on any atom is 0.234 e. The van der Waals surface area contributed by atoms with Crippen molar-refractivity contribution in [2.24, 2.45) is 0 Å². The first kappa shape index (κ1) is 19.1. The minimum atomic E-state index is -0.0691. The summed E-state index contributed by atoms with van der Waals surface area (Å²) in [6.07, 6.45) is 4.45. The van der Waals surface area contributed by atoms with Gasteiger partial charge in [0.15, 0.2) is 11.0 Å². The van der Waals surface area contributed by atoms with E-state index in [1.165, 1.54) is 11.8 Å². The Labute approximate surface area is 173 Å². The largest absolute Gasteiger partial charge is 0.325 e. The van der Waals surface area contributed by atoms with E-state index >= 15 is 0 Å². The molecule has 2 aromatic heterocycles. The standard InChI is InChI=1S/C22H21N5OS/c1-2-13-27-21(17-9-6-12-23-14-17)25-26-22(27)29-15-20(28)24-19-11-5-8-16-7-3-4-10-18(16)19/h3-12,14H,2,13,15H2,1H3,(H,24,28). The van der Waals surface area contributed by atoms with Crippen molar-refractivity contribution in [3.05, 3.63) is 67.0 Å². The van der Waals surface area contributed by atoms with Crippen LogP contribution in [0, 0.1) is 0 Å². The number of benzene rings is 2. The van der Waals surface area contributed by atoms with Gasteiger partial charge in [-0.3, -0.25) is 9.78 Å². The molecule has 0 aliphatic rings. The fourth-order valence-electron chi connectivity index (χ4n) is 3.18. The third kappa shape index (κ3) is 4.30. The Balaban J connectivity index is 1.49. The molecule has 0 saturated carbocycles. The van der Waals surface area contributed by atoms with E-state index in [0.29, 0.717) is 0 Å². The van der Waals surface area contributed by atoms with E-state index < -0.39 is 0 Å². The van der Waals surface area contributed by atoms with Gasteiger partial charge in [0, 0.05) is 35.6 Å². The maximum absolute atomic E-state index is 12.6. The number of thioether (sulfide) groups is 1. The number of anilines is 1. The summed E-state index contributed by atoms with van der Waals surface area (Å²) in [5.74, 6) is 0.968. The Morgan fingerprint density at radius 3 is 2.76 bits per heavy atom. The van der Waals surface area contributed by atoms with E-state index in [9.17, 15) is 4.79 Å². The second kappa shape index (κ2) is 8.87. The van der Waals surface area contributed by atoms with E-state index in [0.717, 1.165) is 46.0 Å². The molecule has 29 heavy (non-hydrogen) atoms. The Kier molecular flexibility index (Phi) is 5.86. The van der Waals surface area contributed by atoms with Crippen molar-refractivity contribution in [2.75, 3.05) is 11.1 Å². The molecule has 2 heterocycles. The average Bonchev–Trinajstić information content (AvgIpc) is 3.16. The molecule has 0 atom stereocenters. The quantitative estimate of drug-likeness (QED) is 0.455. The number of rotatable bonds is 7.